The van der Waals surface area contributed by atoms with Crippen LogP contribution < -0.4 is 4.74 Å². The van der Waals surface area contributed by atoms with Crippen LogP contribution in [0.4, 0.5) is 0 Å². The molecule has 5 heteroatoms. The van der Waals surface area contributed by atoms with E-state index in [4.69, 9.17) is 13.9 Å². The molecule has 3 rings (SSSR count). The quantitative estimate of drug-likeness (QED) is 0.611. The normalized spacial score (nSPS) is 17.7. The van der Waals surface area contributed by atoms with E-state index < -0.39 is 5.97 Å². The Bertz CT molecular complexity index is 582. The Morgan fingerprint density at radius 1 is 1.44 bits per heavy atom. The molecule has 2 aromatic rings. The third-order valence-electron chi connectivity index (χ3n) is 2.72. The number of ether oxygens (including phenoxy) is 3. The van der Waals surface area contributed by atoms with Gasteiger partial charge in [-0.3, -0.25) is 0 Å². The third kappa shape index (κ3) is 2.17. The maximum absolute atomic E-state index is 11.3. The molecule has 0 saturated carbocycles. The highest BCUT2D eigenvalue weighted by molar-refractivity contribution is 5.92. The first-order valence-corrected chi connectivity index (χ1v) is 5.62. The number of benzene rings is 1. The van der Waals surface area contributed by atoms with Gasteiger partial charge in [0.1, 0.15) is 24.0 Å². The second kappa shape index (κ2) is 4.34. The van der Waals surface area contributed by atoms with Crippen molar-refractivity contribution >= 4 is 16.9 Å². The SMILES string of the molecule is COC(=O)c1cc2ccc(OCC3CO3)cc2o1. The van der Waals surface area contributed by atoms with Gasteiger partial charge >= 0.3 is 5.97 Å². The van der Waals surface area contributed by atoms with Crippen molar-refractivity contribution in [1.29, 1.82) is 0 Å². The van der Waals surface area contributed by atoms with Crippen molar-refractivity contribution in [2.75, 3.05) is 20.3 Å². The number of fused-ring (bicyclic) bond motifs is 1. The molecule has 1 fully saturated rings. The van der Waals surface area contributed by atoms with Gasteiger partial charge in [0.15, 0.2) is 0 Å². The first kappa shape index (κ1) is 11.1. The fraction of sp³-hybridized carbons (Fsp3) is 0.308. The fourth-order valence-electron chi connectivity index (χ4n) is 1.66. The van der Waals surface area contributed by atoms with Crippen molar-refractivity contribution in [2.45, 2.75) is 6.10 Å². The van der Waals surface area contributed by atoms with Gasteiger partial charge in [-0.15, -0.1) is 0 Å². The number of methoxy groups -OCH3 is 1. The van der Waals surface area contributed by atoms with Gasteiger partial charge in [-0.1, -0.05) is 0 Å². The molecule has 0 spiro atoms. The third-order valence-corrected chi connectivity index (χ3v) is 2.72. The van der Waals surface area contributed by atoms with Gasteiger partial charge in [-0.25, -0.2) is 4.79 Å². The number of carbonyl (C=O) groups excluding carboxylic acids is 1. The van der Waals surface area contributed by atoms with E-state index in [0.717, 1.165) is 12.0 Å². The second-order valence-electron chi connectivity index (χ2n) is 4.07. The van der Waals surface area contributed by atoms with Gasteiger partial charge in [0.2, 0.25) is 5.76 Å². The summed E-state index contributed by atoms with van der Waals surface area (Å²) in [6.45, 7) is 1.30. The lowest BCUT2D eigenvalue weighted by molar-refractivity contribution is 0.0567. The monoisotopic (exact) mass is 248 g/mol. The van der Waals surface area contributed by atoms with Crippen LogP contribution in [0.3, 0.4) is 0 Å². The number of esters is 1. The van der Waals surface area contributed by atoms with Crippen molar-refractivity contribution in [1.82, 2.24) is 0 Å². The largest absolute Gasteiger partial charge is 0.491 e. The maximum atomic E-state index is 11.3. The molecular weight excluding hydrogens is 236 g/mol. The summed E-state index contributed by atoms with van der Waals surface area (Å²) in [4.78, 5) is 11.3. The smallest absolute Gasteiger partial charge is 0.373 e. The Hall–Kier alpha value is -2.01. The van der Waals surface area contributed by atoms with Crippen LogP contribution in [0.5, 0.6) is 5.75 Å². The molecule has 18 heavy (non-hydrogen) atoms. The molecule has 0 aliphatic carbocycles. The van der Waals surface area contributed by atoms with E-state index in [1.54, 1.807) is 12.1 Å². The van der Waals surface area contributed by atoms with Gasteiger partial charge in [-0.2, -0.15) is 0 Å². The molecule has 1 aliphatic heterocycles. The van der Waals surface area contributed by atoms with Crippen molar-refractivity contribution in [3.8, 4) is 5.75 Å². The average molecular weight is 248 g/mol. The number of carbonyl (C=O) groups is 1. The first-order valence-electron chi connectivity index (χ1n) is 5.62. The summed E-state index contributed by atoms with van der Waals surface area (Å²) in [7, 11) is 1.32. The standard InChI is InChI=1S/C13H12O5/c1-15-13(14)12-4-8-2-3-9(5-11(8)18-12)16-6-10-7-17-10/h2-5,10H,6-7H2,1H3. The predicted molar refractivity (Wildman–Crippen MR) is 62.8 cm³/mol. The Morgan fingerprint density at radius 3 is 3.00 bits per heavy atom. The lowest BCUT2D eigenvalue weighted by Crippen LogP contribution is -2.03. The molecule has 0 bridgehead atoms. The minimum atomic E-state index is -0.486. The van der Waals surface area contributed by atoms with Crippen LogP contribution >= 0.6 is 0 Å². The molecule has 94 valence electrons. The lowest BCUT2D eigenvalue weighted by atomic mass is 10.2. The molecule has 0 amide bonds. The highest BCUT2D eigenvalue weighted by atomic mass is 16.6. The number of hydrogen-bond acceptors (Lipinski definition) is 5. The van der Waals surface area contributed by atoms with E-state index in [1.807, 2.05) is 12.1 Å². The molecule has 1 aliphatic rings. The molecule has 1 saturated heterocycles. The minimum Gasteiger partial charge on any atom is -0.491 e. The number of epoxide rings is 1. The molecule has 1 atom stereocenters. The summed E-state index contributed by atoms with van der Waals surface area (Å²) in [5, 5.41) is 0.838. The van der Waals surface area contributed by atoms with Crippen LogP contribution in [0.2, 0.25) is 0 Å². The van der Waals surface area contributed by atoms with Crippen LogP contribution in [-0.4, -0.2) is 32.4 Å². The summed E-state index contributed by atoms with van der Waals surface area (Å²) in [5.41, 5.74) is 0.601. The Labute approximate surface area is 103 Å². The summed E-state index contributed by atoms with van der Waals surface area (Å²) in [6, 6.07) is 7.08. The summed E-state index contributed by atoms with van der Waals surface area (Å²) >= 11 is 0. The zero-order valence-corrected chi connectivity index (χ0v) is 9.84. The average Bonchev–Trinajstić information content (AvgIpc) is 3.12. The van der Waals surface area contributed by atoms with Crippen molar-refractivity contribution in [3.63, 3.8) is 0 Å². The maximum Gasteiger partial charge on any atom is 0.373 e. The van der Waals surface area contributed by atoms with Crippen LogP contribution in [0.1, 0.15) is 10.6 Å². The molecule has 1 aromatic carbocycles. The molecule has 0 radical (unpaired) electrons. The Morgan fingerprint density at radius 2 is 2.28 bits per heavy atom. The van der Waals surface area contributed by atoms with Crippen molar-refractivity contribution in [2.24, 2.45) is 0 Å². The number of rotatable bonds is 4. The Balaban J connectivity index is 1.83. The van der Waals surface area contributed by atoms with Crippen LogP contribution in [-0.2, 0) is 9.47 Å². The van der Waals surface area contributed by atoms with Gasteiger partial charge < -0.3 is 18.6 Å². The van der Waals surface area contributed by atoms with Crippen molar-refractivity contribution in [3.05, 3.63) is 30.0 Å². The molecule has 1 unspecified atom stereocenters. The molecule has 1 aromatic heterocycles. The van der Waals surface area contributed by atoms with Crippen molar-refractivity contribution < 1.29 is 23.4 Å². The van der Waals surface area contributed by atoms with E-state index in [0.29, 0.717) is 17.9 Å². The molecular formula is C13H12O5. The lowest BCUT2D eigenvalue weighted by Gasteiger charge is -2.02. The van der Waals surface area contributed by atoms with Gasteiger partial charge in [0.05, 0.1) is 13.7 Å². The van der Waals surface area contributed by atoms with E-state index in [9.17, 15) is 4.79 Å². The van der Waals surface area contributed by atoms with E-state index in [2.05, 4.69) is 4.74 Å². The van der Waals surface area contributed by atoms with E-state index >= 15 is 0 Å². The van der Waals surface area contributed by atoms with Gasteiger partial charge in [-0.05, 0) is 18.2 Å². The molecule has 2 heterocycles. The Kier molecular flexibility index (Phi) is 2.68. The minimum absolute atomic E-state index is 0.190. The van der Waals surface area contributed by atoms with Gasteiger partial charge in [0.25, 0.3) is 0 Å². The van der Waals surface area contributed by atoms with E-state index in [1.165, 1.54) is 7.11 Å². The van der Waals surface area contributed by atoms with Crippen LogP contribution in [0, 0.1) is 0 Å². The zero-order chi connectivity index (χ0) is 12.5. The van der Waals surface area contributed by atoms with Crippen LogP contribution in [0.25, 0.3) is 11.0 Å². The topological polar surface area (TPSA) is 61.2 Å². The predicted octanol–water partition coefficient (Wildman–Crippen LogP) is 2.00. The first-order chi connectivity index (χ1) is 8.76. The highest BCUT2D eigenvalue weighted by Gasteiger charge is 2.23. The van der Waals surface area contributed by atoms with E-state index in [-0.39, 0.29) is 11.9 Å². The number of furan rings is 1. The summed E-state index contributed by atoms with van der Waals surface area (Å²) < 4.78 is 20.6. The highest BCUT2D eigenvalue weighted by Crippen LogP contribution is 2.25. The van der Waals surface area contributed by atoms with Gasteiger partial charge in [0, 0.05) is 11.5 Å². The molecule has 5 nitrogen and oxygen atoms in total. The second-order valence-corrected chi connectivity index (χ2v) is 4.07. The molecule has 0 N–H and O–H groups in total. The van der Waals surface area contributed by atoms with Crippen LogP contribution in [0.15, 0.2) is 28.7 Å². The number of hydrogen-bond donors (Lipinski definition) is 0. The summed E-state index contributed by atoms with van der Waals surface area (Å²) in [6.07, 6.45) is 0.211. The summed E-state index contributed by atoms with van der Waals surface area (Å²) in [5.74, 6) is 0.402. The zero-order valence-electron chi connectivity index (χ0n) is 9.84. The fourth-order valence-corrected chi connectivity index (χ4v) is 1.66.